The monoisotopic (exact) mass is 378 g/mol. The van der Waals surface area contributed by atoms with Crippen LogP contribution in [0.1, 0.15) is 35.0 Å². The van der Waals surface area contributed by atoms with Crippen LogP contribution in [-0.2, 0) is 0 Å². The molecule has 27 heavy (non-hydrogen) atoms. The molecule has 3 heterocycles. The average molecular weight is 378 g/mol. The van der Waals surface area contributed by atoms with Crippen molar-refractivity contribution in [3.8, 4) is 0 Å². The zero-order valence-corrected chi connectivity index (χ0v) is 15.4. The Hall–Kier alpha value is -2.93. The SMILES string of the molecule is Nc1nc2cccc(C(=O)N3CCCC(c4nc5ccccc5o4)C3)c2s1. The number of para-hydroxylation sites is 2. The molecule has 6 nitrogen and oxygen atoms in total. The minimum Gasteiger partial charge on any atom is -0.440 e. The first kappa shape index (κ1) is 16.3. The van der Waals surface area contributed by atoms with Gasteiger partial charge in [-0.25, -0.2) is 9.97 Å². The van der Waals surface area contributed by atoms with E-state index in [9.17, 15) is 4.79 Å². The van der Waals surface area contributed by atoms with Gasteiger partial charge in [-0.1, -0.05) is 29.5 Å². The molecular formula is C20H18N4O2S. The molecule has 5 rings (SSSR count). The van der Waals surface area contributed by atoms with E-state index in [1.54, 1.807) is 0 Å². The maximum Gasteiger partial charge on any atom is 0.255 e. The molecule has 4 aromatic rings. The summed E-state index contributed by atoms with van der Waals surface area (Å²) in [6, 6.07) is 13.4. The quantitative estimate of drug-likeness (QED) is 0.569. The number of carbonyl (C=O) groups excluding carboxylic acids is 1. The van der Waals surface area contributed by atoms with Crippen molar-refractivity contribution in [2.75, 3.05) is 18.8 Å². The van der Waals surface area contributed by atoms with Gasteiger partial charge < -0.3 is 15.1 Å². The third-order valence-electron chi connectivity index (χ3n) is 5.03. The smallest absolute Gasteiger partial charge is 0.255 e. The van der Waals surface area contributed by atoms with Crippen LogP contribution in [-0.4, -0.2) is 33.9 Å². The van der Waals surface area contributed by atoms with E-state index >= 15 is 0 Å². The molecule has 1 aliphatic heterocycles. The van der Waals surface area contributed by atoms with Crippen LogP contribution in [0.15, 0.2) is 46.9 Å². The highest BCUT2D eigenvalue weighted by Crippen LogP contribution is 2.32. The van der Waals surface area contributed by atoms with Crippen molar-refractivity contribution in [1.29, 1.82) is 0 Å². The molecule has 0 spiro atoms. The van der Waals surface area contributed by atoms with Crippen LogP contribution in [0.25, 0.3) is 21.3 Å². The minimum absolute atomic E-state index is 0.0186. The summed E-state index contributed by atoms with van der Waals surface area (Å²) in [5.74, 6) is 0.847. The zero-order valence-electron chi connectivity index (χ0n) is 14.6. The van der Waals surface area contributed by atoms with Crippen LogP contribution in [0, 0.1) is 0 Å². The number of aromatic nitrogens is 2. The number of hydrogen-bond donors (Lipinski definition) is 1. The van der Waals surface area contributed by atoms with Crippen molar-refractivity contribution >= 4 is 43.7 Å². The second-order valence-electron chi connectivity index (χ2n) is 6.82. The Balaban J connectivity index is 1.44. The number of nitrogens with two attached hydrogens (primary N) is 1. The summed E-state index contributed by atoms with van der Waals surface area (Å²) in [5, 5.41) is 0.480. The van der Waals surface area contributed by atoms with E-state index in [-0.39, 0.29) is 11.8 Å². The molecule has 0 saturated carbocycles. The number of piperidine rings is 1. The minimum atomic E-state index is 0.0186. The van der Waals surface area contributed by atoms with E-state index in [2.05, 4.69) is 9.97 Å². The molecule has 1 atom stereocenters. The predicted octanol–water partition coefficient (Wildman–Crippen LogP) is 4.04. The van der Waals surface area contributed by atoms with Crippen LogP contribution < -0.4 is 5.73 Å². The lowest BCUT2D eigenvalue weighted by Gasteiger charge is -2.31. The van der Waals surface area contributed by atoms with Crippen molar-refractivity contribution in [1.82, 2.24) is 14.9 Å². The highest BCUT2D eigenvalue weighted by atomic mass is 32.1. The van der Waals surface area contributed by atoms with E-state index in [0.29, 0.717) is 23.1 Å². The predicted molar refractivity (Wildman–Crippen MR) is 106 cm³/mol. The average Bonchev–Trinajstić information content (AvgIpc) is 3.29. The fraction of sp³-hybridized carbons (Fsp3) is 0.250. The topological polar surface area (TPSA) is 85.2 Å². The van der Waals surface area contributed by atoms with E-state index in [1.165, 1.54) is 11.3 Å². The van der Waals surface area contributed by atoms with Gasteiger partial charge in [-0.05, 0) is 37.1 Å². The Bertz CT molecular complexity index is 1120. The molecule has 0 radical (unpaired) electrons. The maximum atomic E-state index is 13.2. The van der Waals surface area contributed by atoms with Crippen LogP contribution in [0.3, 0.4) is 0 Å². The molecule has 1 unspecified atom stereocenters. The number of carbonyl (C=O) groups is 1. The Kier molecular flexibility index (Phi) is 3.82. The van der Waals surface area contributed by atoms with Gasteiger partial charge >= 0.3 is 0 Å². The van der Waals surface area contributed by atoms with Gasteiger partial charge in [0.25, 0.3) is 5.91 Å². The lowest BCUT2D eigenvalue weighted by Crippen LogP contribution is -2.39. The van der Waals surface area contributed by atoms with Crippen molar-refractivity contribution in [2.24, 2.45) is 0 Å². The summed E-state index contributed by atoms with van der Waals surface area (Å²) in [4.78, 5) is 24.0. The number of rotatable bonds is 2. The summed E-state index contributed by atoms with van der Waals surface area (Å²) < 4.78 is 6.79. The highest BCUT2D eigenvalue weighted by molar-refractivity contribution is 7.22. The third kappa shape index (κ3) is 2.84. The number of hydrogen-bond acceptors (Lipinski definition) is 6. The maximum absolute atomic E-state index is 13.2. The number of anilines is 1. The molecule has 2 aromatic heterocycles. The largest absolute Gasteiger partial charge is 0.440 e. The fourth-order valence-corrected chi connectivity index (χ4v) is 4.57. The van der Waals surface area contributed by atoms with Crippen molar-refractivity contribution in [3.63, 3.8) is 0 Å². The number of oxazole rings is 1. The lowest BCUT2D eigenvalue weighted by molar-refractivity contribution is 0.0701. The van der Waals surface area contributed by atoms with Gasteiger partial charge in [-0.15, -0.1) is 0 Å². The number of fused-ring (bicyclic) bond motifs is 2. The van der Waals surface area contributed by atoms with E-state index < -0.39 is 0 Å². The summed E-state index contributed by atoms with van der Waals surface area (Å²) >= 11 is 1.36. The fourth-order valence-electron chi connectivity index (χ4n) is 3.73. The summed E-state index contributed by atoms with van der Waals surface area (Å²) in [7, 11) is 0. The lowest BCUT2D eigenvalue weighted by atomic mass is 9.97. The molecule has 1 saturated heterocycles. The second kappa shape index (κ2) is 6.35. The molecule has 136 valence electrons. The Morgan fingerprint density at radius 3 is 2.89 bits per heavy atom. The Morgan fingerprint density at radius 1 is 1.15 bits per heavy atom. The number of thiazole rings is 1. The number of likely N-dealkylation sites (tertiary alicyclic amines) is 1. The van der Waals surface area contributed by atoms with Gasteiger partial charge in [-0.3, -0.25) is 4.79 Å². The molecule has 2 N–H and O–H groups in total. The van der Waals surface area contributed by atoms with Gasteiger partial charge in [0.1, 0.15) is 5.52 Å². The van der Waals surface area contributed by atoms with E-state index in [0.717, 1.165) is 40.7 Å². The Morgan fingerprint density at radius 2 is 2.00 bits per heavy atom. The molecule has 1 aliphatic rings. The van der Waals surface area contributed by atoms with Crippen molar-refractivity contribution in [3.05, 3.63) is 53.9 Å². The van der Waals surface area contributed by atoms with Crippen LogP contribution in [0.2, 0.25) is 0 Å². The van der Waals surface area contributed by atoms with Gasteiger partial charge in [0, 0.05) is 13.1 Å². The number of amides is 1. The zero-order chi connectivity index (χ0) is 18.4. The van der Waals surface area contributed by atoms with Gasteiger partial charge in [0.05, 0.1) is 21.7 Å². The highest BCUT2D eigenvalue weighted by Gasteiger charge is 2.29. The second-order valence-corrected chi connectivity index (χ2v) is 7.85. The molecule has 1 fully saturated rings. The van der Waals surface area contributed by atoms with Crippen molar-refractivity contribution in [2.45, 2.75) is 18.8 Å². The van der Waals surface area contributed by atoms with Gasteiger partial charge in [0.2, 0.25) is 0 Å². The van der Waals surface area contributed by atoms with Gasteiger partial charge in [0.15, 0.2) is 16.6 Å². The third-order valence-corrected chi connectivity index (χ3v) is 5.96. The first-order valence-electron chi connectivity index (χ1n) is 8.99. The molecular weight excluding hydrogens is 360 g/mol. The van der Waals surface area contributed by atoms with E-state index in [1.807, 2.05) is 47.4 Å². The summed E-state index contributed by atoms with van der Waals surface area (Å²) in [5.41, 5.74) is 8.93. The standard InChI is InChI=1S/C20H18N4O2S/c21-20-23-15-8-3-6-13(17(15)27-20)19(25)24-10-4-5-12(11-24)18-22-14-7-1-2-9-16(14)26-18/h1-3,6-9,12H,4-5,10-11H2,(H2,21,23). The summed E-state index contributed by atoms with van der Waals surface area (Å²) in [6.07, 6.45) is 1.89. The molecule has 1 amide bonds. The van der Waals surface area contributed by atoms with Crippen LogP contribution >= 0.6 is 11.3 Å². The van der Waals surface area contributed by atoms with Gasteiger partial charge in [-0.2, -0.15) is 0 Å². The molecule has 0 aliphatic carbocycles. The first-order valence-corrected chi connectivity index (χ1v) is 9.80. The van der Waals surface area contributed by atoms with Crippen LogP contribution in [0.4, 0.5) is 5.13 Å². The van der Waals surface area contributed by atoms with Crippen LogP contribution in [0.5, 0.6) is 0 Å². The number of nitrogens with zero attached hydrogens (tertiary/aromatic N) is 3. The Labute approximate surface area is 159 Å². The molecule has 7 heteroatoms. The number of benzene rings is 2. The summed E-state index contributed by atoms with van der Waals surface area (Å²) in [6.45, 7) is 1.34. The molecule has 2 aromatic carbocycles. The number of nitrogen functional groups attached to an aromatic ring is 1. The molecule has 0 bridgehead atoms. The van der Waals surface area contributed by atoms with Crippen molar-refractivity contribution < 1.29 is 9.21 Å². The normalized spacial score (nSPS) is 17.6. The van der Waals surface area contributed by atoms with E-state index in [4.69, 9.17) is 10.2 Å². The first-order chi connectivity index (χ1) is 13.2.